The minimum absolute atomic E-state index is 0.0690. The van der Waals surface area contributed by atoms with E-state index in [9.17, 15) is 9.59 Å². The molecular formula is C17H17NO2. The Morgan fingerprint density at radius 2 is 1.95 bits per heavy atom. The number of Topliss-reactive ketones (excluding diaryl/α,β-unsaturated/α-hetero) is 1. The van der Waals surface area contributed by atoms with Crippen molar-refractivity contribution in [1.82, 2.24) is 5.32 Å². The number of carbonyl (C=O) groups is 2. The number of nitrogens with one attached hydrogen (secondary N) is 1. The molecule has 102 valence electrons. The fraction of sp³-hybridized carbons (Fsp3) is 0.294. The molecule has 1 amide bonds. The summed E-state index contributed by atoms with van der Waals surface area (Å²) in [6.45, 7) is 0. The van der Waals surface area contributed by atoms with Gasteiger partial charge >= 0.3 is 0 Å². The quantitative estimate of drug-likeness (QED) is 0.929. The summed E-state index contributed by atoms with van der Waals surface area (Å²) in [6.07, 6.45) is 2.59. The Morgan fingerprint density at radius 3 is 2.70 bits per heavy atom. The number of hydrogen-bond donors (Lipinski definition) is 1. The zero-order valence-electron chi connectivity index (χ0n) is 11.3. The average Bonchev–Trinajstić information content (AvgIpc) is 2.84. The maximum absolute atomic E-state index is 12.0. The second kappa shape index (κ2) is 5.45. The van der Waals surface area contributed by atoms with Crippen molar-refractivity contribution in [3.63, 3.8) is 0 Å². The Bertz CT molecular complexity index is 663. The number of carbonyl (C=O) groups excluding carboxylic acids is 2. The van der Waals surface area contributed by atoms with Crippen LogP contribution in [0.4, 0.5) is 0 Å². The van der Waals surface area contributed by atoms with Crippen LogP contribution < -0.4 is 5.32 Å². The highest BCUT2D eigenvalue weighted by molar-refractivity contribution is 5.91. The summed E-state index contributed by atoms with van der Waals surface area (Å²) in [5, 5.41) is 5.14. The third kappa shape index (κ3) is 2.72. The van der Waals surface area contributed by atoms with Crippen LogP contribution in [-0.4, -0.2) is 17.7 Å². The van der Waals surface area contributed by atoms with Gasteiger partial charge < -0.3 is 5.32 Å². The number of ketones is 1. The molecule has 3 nitrogen and oxygen atoms in total. The molecule has 1 aliphatic carbocycles. The fourth-order valence-electron chi connectivity index (χ4n) is 2.75. The Kier molecular flexibility index (Phi) is 3.50. The van der Waals surface area contributed by atoms with E-state index in [1.165, 1.54) is 5.39 Å². The molecule has 1 unspecified atom stereocenters. The van der Waals surface area contributed by atoms with Crippen LogP contribution in [0.2, 0.25) is 0 Å². The molecule has 0 aromatic heterocycles. The van der Waals surface area contributed by atoms with Gasteiger partial charge in [0.2, 0.25) is 5.91 Å². The maximum atomic E-state index is 12.0. The number of fused-ring (bicyclic) bond motifs is 1. The van der Waals surface area contributed by atoms with Gasteiger partial charge in [-0.1, -0.05) is 42.5 Å². The van der Waals surface area contributed by atoms with Crippen LogP contribution >= 0.6 is 0 Å². The summed E-state index contributed by atoms with van der Waals surface area (Å²) in [6, 6.07) is 13.8. The molecule has 20 heavy (non-hydrogen) atoms. The predicted octanol–water partition coefficient (Wildman–Crippen LogP) is 2.62. The zero-order chi connectivity index (χ0) is 13.9. The molecule has 3 heteroatoms. The summed E-state index contributed by atoms with van der Waals surface area (Å²) < 4.78 is 0. The highest BCUT2D eigenvalue weighted by atomic mass is 16.2. The maximum Gasteiger partial charge on any atom is 0.224 e. The monoisotopic (exact) mass is 267 g/mol. The van der Waals surface area contributed by atoms with Crippen LogP contribution in [0.15, 0.2) is 42.5 Å². The molecule has 2 aromatic carbocycles. The smallest absolute Gasteiger partial charge is 0.224 e. The van der Waals surface area contributed by atoms with Gasteiger partial charge in [0, 0.05) is 6.42 Å². The minimum Gasteiger partial charge on any atom is -0.346 e. The van der Waals surface area contributed by atoms with E-state index in [1.54, 1.807) is 0 Å². The van der Waals surface area contributed by atoms with Crippen molar-refractivity contribution in [2.75, 3.05) is 0 Å². The first-order chi connectivity index (χ1) is 9.72. The molecule has 1 N–H and O–H groups in total. The van der Waals surface area contributed by atoms with Crippen molar-refractivity contribution in [2.45, 2.75) is 31.7 Å². The Hall–Kier alpha value is -2.16. The molecule has 1 atom stereocenters. The van der Waals surface area contributed by atoms with E-state index < -0.39 is 0 Å². The lowest BCUT2D eigenvalue weighted by Crippen LogP contribution is -2.38. The summed E-state index contributed by atoms with van der Waals surface area (Å²) in [7, 11) is 0. The van der Waals surface area contributed by atoms with Gasteiger partial charge in [0.05, 0.1) is 12.5 Å². The first-order valence-electron chi connectivity index (χ1n) is 7.02. The first-order valence-corrected chi connectivity index (χ1v) is 7.02. The normalized spacial score (nSPS) is 18.4. The van der Waals surface area contributed by atoms with Gasteiger partial charge in [0.1, 0.15) is 0 Å². The zero-order valence-corrected chi connectivity index (χ0v) is 11.3. The Labute approximate surface area is 118 Å². The van der Waals surface area contributed by atoms with E-state index in [4.69, 9.17) is 0 Å². The number of benzene rings is 2. The second-order valence-corrected chi connectivity index (χ2v) is 5.34. The molecule has 2 aromatic rings. The summed E-state index contributed by atoms with van der Waals surface area (Å²) in [4.78, 5) is 23.5. The fourth-order valence-corrected chi connectivity index (χ4v) is 2.75. The van der Waals surface area contributed by atoms with Gasteiger partial charge in [-0.15, -0.1) is 0 Å². The van der Waals surface area contributed by atoms with E-state index in [-0.39, 0.29) is 17.7 Å². The van der Waals surface area contributed by atoms with Gasteiger partial charge in [0.25, 0.3) is 0 Å². The van der Waals surface area contributed by atoms with Gasteiger partial charge in [-0.3, -0.25) is 9.59 Å². The van der Waals surface area contributed by atoms with Crippen molar-refractivity contribution in [2.24, 2.45) is 0 Å². The molecule has 0 heterocycles. The van der Waals surface area contributed by atoms with E-state index in [2.05, 4.69) is 11.4 Å². The summed E-state index contributed by atoms with van der Waals surface area (Å²) in [5.74, 6) is 0.0948. The van der Waals surface area contributed by atoms with Gasteiger partial charge in [-0.2, -0.15) is 0 Å². The van der Waals surface area contributed by atoms with E-state index in [0.717, 1.165) is 23.8 Å². The van der Waals surface area contributed by atoms with E-state index in [1.807, 2.05) is 36.4 Å². The highest BCUT2D eigenvalue weighted by Crippen LogP contribution is 2.17. The van der Waals surface area contributed by atoms with Crippen molar-refractivity contribution >= 4 is 22.5 Å². The molecule has 0 saturated heterocycles. The number of hydrogen-bond acceptors (Lipinski definition) is 2. The average molecular weight is 267 g/mol. The molecule has 1 aliphatic rings. The first kappa shape index (κ1) is 12.9. The number of amides is 1. The van der Waals surface area contributed by atoms with Crippen molar-refractivity contribution in [3.8, 4) is 0 Å². The predicted molar refractivity (Wildman–Crippen MR) is 78.4 cm³/mol. The third-order valence-corrected chi connectivity index (χ3v) is 3.82. The lowest BCUT2D eigenvalue weighted by atomic mass is 10.0. The summed E-state index contributed by atoms with van der Waals surface area (Å²) in [5.41, 5.74) is 0.978. The summed E-state index contributed by atoms with van der Waals surface area (Å²) >= 11 is 0. The van der Waals surface area contributed by atoms with Crippen molar-refractivity contribution in [3.05, 3.63) is 48.0 Å². The van der Waals surface area contributed by atoms with E-state index >= 15 is 0 Å². The van der Waals surface area contributed by atoms with Crippen LogP contribution in [0.5, 0.6) is 0 Å². The SMILES string of the molecule is O=C(Cc1ccc2ccccc2c1)NC1CCCC1=O. The molecule has 0 radical (unpaired) electrons. The molecule has 3 rings (SSSR count). The lowest BCUT2D eigenvalue weighted by molar-refractivity contribution is -0.126. The molecule has 0 aliphatic heterocycles. The van der Waals surface area contributed by atoms with Gasteiger partial charge in [-0.05, 0) is 29.2 Å². The molecule has 0 spiro atoms. The largest absolute Gasteiger partial charge is 0.346 e. The molecule has 1 fully saturated rings. The van der Waals surface area contributed by atoms with Crippen LogP contribution in [-0.2, 0) is 16.0 Å². The molecule has 1 saturated carbocycles. The third-order valence-electron chi connectivity index (χ3n) is 3.82. The molecule has 0 bridgehead atoms. The van der Waals surface area contributed by atoms with Gasteiger partial charge in [-0.25, -0.2) is 0 Å². The minimum atomic E-state index is -0.261. The van der Waals surface area contributed by atoms with Gasteiger partial charge in [0.15, 0.2) is 5.78 Å². The second-order valence-electron chi connectivity index (χ2n) is 5.34. The van der Waals surface area contributed by atoms with Crippen LogP contribution in [0, 0.1) is 0 Å². The van der Waals surface area contributed by atoms with Crippen LogP contribution in [0.25, 0.3) is 10.8 Å². The highest BCUT2D eigenvalue weighted by Gasteiger charge is 2.25. The van der Waals surface area contributed by atoms with E-state index in [0.29, 0.717) is 12.8 Å². The van der Waals surface area contributed by atoms with Crippen molar-refractivity contribution in [1.29, 1.82) is 0 Å². The Morgan fingerprint density at radius 1 is 1.15 bits per heavy atom. The van der Waals surface area contributed by atoms with Crippen molar-refractivity contribution < 1.29 is 9.59 Å². The van der Waals surface area contributed by atoms with Crippen LogP contribution in [0.1, 0.15) is 24.8 Å². The number of rotatable bonds is 3. The lowest BCUT2D eigenvalue weighted by Gasteiger charge is -2.11. The molecular weight excluding hydrogens is 250 g/mol. The topological polar surface area (TPSA) is 46.2 Å². The van der Waals surface area contributed by atoms with Crippen LogP contribution in [0.3, 0.4) is 0 Å². The standard InChI is InChI=1S/C17H17NO2/c19-16-7-3-6-15(16)18-17(20)11-12-8-9-13-4-1-2-5-14(13)10-12/h1-2,4-5,8-10,15H,3,6-7,11H2,(H,18,20). The Balaban J connectivity index is 1.69.